The Morgan fingerprint density at radius 2 is 0.647 bits per heavy atom. The van der Waals surface area contributed by atoms with E-state index >= 15 is 0 Å². The molecule has 12 rings (SSSR count). The molecule has 2 nitrogen and oxygen atoms in total. The molecule has 0 aliphatic rings. The number of anilines is 3. The Labute approximate surface area is 397 Å². The van der Waals surface area contributed by atoms with Crippen LogP contribution in [0.3, 0.4) is 0 Å². The standard InChI is InChI=1S/C66H45NO/c1-4-17-46(18-5-1)48-31-33-49(34-32-48)50-35-40-54(41-36-50)67(55-42-37-52(38-43-55)57-27-16-28-62-61-26-13-15-30-65(61)68-66(57)62)64-29-14-12-25-60(64)58-23-10-11-24-59(58)63-45-53(47-19-6-2-7-20-47)39-44-56(63)51-21-8-3-9-22-51/h1-45H. The van der Waals surface area contributed by atoms with Crippen LogP contribution in [-0.4, -0.2) is 0 Å². The zero-order chi connectivity index (χ0) is 45.2. The topological polar surface area (TPSA) is 16.4 Å². The van der Waals surface area contributed by atoms with Crippen molar-refractivity contribution in [3.63, 3.8) is 0 Å². The minimum Gasteiger partial charge on any atom is -0.455 e. The highest BCUT2D eigenvalue weighted by molar-refractivity contribution is 6.09. The molecular weight excluding hydrogens is 823 g/mol. The van der Waals surface area contributed by atoms with Crippen LogP contribution in [0.15, 0.2) is 277 Å². The zero-order valence-corrected chi connectivity index (χ0v) is 37.3. The normalized spacial score (nSPS) is 11.2. The molecule has 0 N–H and O–H groups in total. The van der Waals surface area contributed by atoms with Crippen LogP contribution in [0.4, 0.5) is 17.1 Å². The molecule has 0 saturated heterocycles. The van der Waals surface area contributed by atoms with Crippen molar-refractivity contribution >= 4 is 39.0 Å². The number of furan rings is 1. The van der Waals surface area contributed by atoms with Gasteiger partial charge in [0.25, 0.3) is 0 Å². The molecular formula is C66H45NO. The van der Waals surface area contributed by atoms with Crippen LogP contribution in [0.5, 0.6) is 0 Å². The third kappa shape index (κ3) is 7.64. The van der Waals surface area contributed by atoms with Gasteiger partial charge >= 0.3 is 0 Å². The van der Waals surface area contributed by atoms with Crippen LogP contribution < -0.4 is 4.90 Å². The first kappa shape index (κ1) is 40.5. The van der Waals surface area contributed by atoms with Gasteiger partial charge in [0.15, 0.2) is 0 Å². The quantitative estimate of drug-likeness (QED) is 0.136. The molecule has 0 spiro atoms. The molecule has 68 heavy (non-hydrogen) atoms. The molecule has 12 aromatic rings. The summed E-state index contributed by atoms with van der Waals surface area (Å²) in [5, 5.41) is 2.25. The average molecular weight is 868 g/mol. The van der Waals surface area contributed by atoms with Gasteiger partial charge < -0.3 is 9.32 Å². The second kappa shape index (κ2) is 17.8. The number of benzene rings is 11. The van der Waals surface area contributed by atoms with E-state index in [1.54, 1.807) is 0 Å². The van der Waals surface area contributed by atoms with E-state index in [9.17, 15) is 0 Å². The maximum absolute atomic E-state index is 6.50. The van der Waals surface area contributed by atoms with Crippen molar-refractivity contribution in [2.75, 3.05) is 4.90 Å². The summed E-state index contributed by atoms with van der Waals surface area (Å²) in [6, 6.07) is 98.1. The molecule has 0 unspecified atom stereocenters. The number of hydrogen-bond acceptors (Lipinski definition) is 2. The summed E-state index contributed by atoms with van der Waals surface area (Å²) in [6.07, 6.45) is 0. The van der Waals surface area contributed by atoms with Crippen LogP contribution in [0, 0.1) is 0 Å². The van der Waals surface area contributed by atoms with Gasteiger partial charge in [0.1, 0.15) is 11.2 Å². The fourth-order valence-electron chi connectivity index (χ4n) is 9.78. The van der Waals surface area contributed by atoms with Crippen LogP contribution in [0.2, 0.25) is 0 Å². The Bertz CT molecular complexity index is 3690. The number of rotatable bonds is 10. The summed E-state index contributed by atoms with van der Waals surface area (Å²) in [6.45, 7) is 0. The summed E-state index contributed by atoms with van der Waals surface area (Å²) in [5.74, 6) is 0. The minimum absolute atomic E-state index is 0.896. The van der Waals surface area contributed by atoms with E-state index in [0.29, 0.717) is 0 Å². The van der Waals surface area contributed by atoms with Gasteiger partial charge in [-0.15, -0.1) is 0 Å². The summed E-state index contributed by atoms with van der Waals surface area (Å²) < 4.78 is 6.50. The van der Waals surface area contributed by atoms with Gasteiger partial charge in [-0.05, 0) is 109 Å². The van der Waals surface area contributed by atoms with Crippen molar-refractivity contribution < 1.29 is 4.42 Å². The van der Waals surface area contributed by atoms with Crippen molar-refractivity contribution in [2.45, 2.75) is 0 Å². The molecule has 11 aromatic carbocycles. The molecule has 0 radical (unpaired) electrons. The first-order valence-corrected chi connectivity index (χ1v) is 23.2. The predicted molar refractivity (Wildman–Crippen MR) is 286 cm³/mol. The highest BCUT2D eigenvalue weighted by atomic mass is 16.3. The molecule has 0 saturated carbocycles. The molecule has 0 atom stereocenters. The summed E-state index contributed by atoms with van der Waals surface area (Å²) in [4.78, 5) is 2.40. The lowest BCUT2D eigenvalue weighted by molar-refractivity contribution is 0.670. The highest BCUT2D eigenvalue weighted by Crippen LogP contribution is 2.47. The second-order valence-electron chi connectivity index (χ2n) is 17.2. The smallest absolute Gasteiger partial charge is 0.143 e. The molecule has 1 aromatic heterocycles. The maximum atomic E-state index is 6.50. The van der Waals surface area contributed by atoms with E-state index in [1.165, 1.54) is 50.1 Å². The van der Waals surface area contributed by atoms with Crippen molar-refractivity contribution in [3.05, 3.63) is 273 Å². The van der Waals surface area contributed by atoms with Gasteiger partial charge in [-0.1, -0.05) is 231 Å². The molecule has 1 heterocycles. The summed E-state index contributed by atoms with van der Waals surface area (Å²) in [5.41, 5.74) is 21.3. The molecule has 320 valence electrons. The monoisotopic (exact) mass is 867 g/mol. The van der Waals surface area contributed by atoms with Crippen molar-refractivity contribution in [1.29, 1.82) is 0 Å². The lowest BCUT2D eigenvalue weighted by Gasteiger charge is -2.29. The van der Waals surface area contributed by atoms with Crippen LogP contribution >= 0.6 is 0 Å². The summed E-state index contributed by atoms with van der Waals surface area (Å²) >= 11 is 0. The van der Waals surface area contributed by atoms with E-state index in [0.717, 1.165) is 66.8 Å². The Kier molecular flexibility index (Phi) is 10.6. The zero-order valence-electron chi connectivity index (χ0n) is 37.3. The highest BCUT2D eigenvalue weighted by Gasteiger charge is 2.22. The number of hydrogen-bond donors (Lipinski definition) is 0. The molecule has 0 aliphatic heterocycles. The number of para-hydroxylation sites is 3. The van der Waals surface area contributed by atoms with Gasteiger partial charge in [-0.3, -0.25) is 0 Å². The predicted octanol–water partition coefficient (Wildman–Crippen LogP) is 18.7. The Morgan fingerprint density at radius 1 is 0.235 bits per heavy atom. The van der Waals surface area contributed by atoms with Gasteiger partial charge in [-0.25, -0.2) is 0 Å². The van der Waals surface area contributed by atoms with Crippen LogP contribution in [0.1, 0.15) is 0 Å². The van der Waals surface area contributed by atoms with E-state index in [1.807, 2.05) is 12.1 Å². The summed E-state index contributed by atoms with van der Waals surface area (Å²) in [7, 11) is 0. The van der Waals surface area contributed by atoms with Gasteiger partial charge in [-0.2, -0.15) is 0 Å². The first-order valence-electron chi connectivity index (χ1n) is 23.2. The SMILES string of the molecule is c1ccc(-c2ccc(-c3ccc(N(c4ccc(-c5cccc6c5oc5ccccc56)cc4)c4ccccc4-c4ccccc4-c4cc(-c5ccccc5)ccc4-c4ccccc4)cc3)cc2)cc1. The van der Waals surface area contributed by atoms with Crippen LogP contribution in [0.25, 0.3) is 99.8 Å². The van der Waals surface area contributed by atoms with E-state index in [4.69, 9.17) is 4.42 Å². The molecule has 0 aliphatic carbocycles. The fourth-order valence-corrected chi connectivity index (χ4v) is 9.78. The van der Waals surface area contributed by atoms with Gasteiger partial charge in [0.05, 0.1) is 5.69 Å². The van der Waals surface area contributed by atoms with Crippen LogP contribution in [-0.2, 0) is 0 Å². The maximum Gasteiger partial charge on any atom is 0.143 e. The lowest BCUT2D eigenvalue weighted by atomic mass is 9.87. The van der Waals surface area contributed by atoms with E-state index < -0.39 is 0 Å². The second-order valence-corrected chi connectivity index (χ2v) is 17.2. The Hall–Kier alpha value is -8.98. The first-order chi connectivity index (χ1) is 33.7. The van der Waals surface area contributed by atoms with Gasteiger partial charge in [0.2, 0.25) is 0 Å². The van der Waals surface area contributed by atoms with E-state index in [2.05, 4.69) is 266 Å². The molecule has 2 heteroatoms. The number of fused-ring (bicyclic) bond motifs is 3. The molecule has 0 bridgehead atoms. The third-order valence-electron chi connectivity index (χ3n) is 13.2. The van der Waals surface area contributed by atoms with E-state index in [-0.39, 0.29) is 0 Å². The van der Waals surface area contributed by atoms with Crippen molar-refractivity contribution in [1.82, 2.24) is 0 Å². The van der Waals surface area contributed by atoms with Gasteiger partial charge in [0, 0.05) is 33.3 Å². The third-order valence-corrected chi connectivity index (χ3v) is 13.2. The number of nitrogens with zero attached hydrogens (tertiary/aromatic N) is 1. The average Bonchev–Trinajstić information content (AvgIpc) is 3.81. The minimum atomic E-state index is 0.896. The van der Waals surface area contributed by atoms with Crippen molar-refractivity contribution in [2.24, 2.45) is 0 Å². The molecule has 0 fully saturated rings. The molecule has 0 amide bonds. The fraction of sp³-hybridized carbons (Fsp3) is 0. The van der Waals surface area contributed by atoms with Crippen molar-refractivity contribution in [3.8, 4) is 77.9 Å². The Balaban J connectivity index is 0.998. The Morgan fingerprint density at radius 3 is 1.28 bits per heavy atom. The largest absolute Gasteiger partial charge is 0.455 e. The lowest BCUT2D eigenvalue weighted by Crippen LogP contribution is -2.11.